The zero-order valence-corrected chi connectivity index (χ0v) is 10.7. The first-order chi connectivity index (χ1) is 8.38. The Morgan fingerprint density at radius 2 is 2.18 bits per heavy atom. The van der Waals surface area contributed by atoms with Crippen molar-refractivity contribution in [3.8, 4) is 0 Å². The summed E-state index contributed by atoms with van der Waals surface area (Å²) in [5, 5.41) is 3.62. The molecule has 3 heteroatoms. The number of nitrogens with zero attached hydrogens (tertiary/aromatic N) is 2. The van der Waals surface area contributed by atoms with Gasteiger partial charge in [-0.25, -0.2) is 0 Å². The molecule has 1 aliphatic rings. The molecule has 0 saturated carbocycles. The van der Waals surface area contributed by atoms with E-state index in [2.05, 4.69) is 34.3 Å². The summed E-state index contributed by atoms with van der Waals surface area (Å²) in [6.45, 7) is 6.90. The van der Waals surface area contributed by atoms with Gasteiger partial charge < -0.3 is 5.32 Å². The predicted molar refractivity (Wildman–Crippen MR) is 70.8 cm³/mol. The maximum absolute atomic E-state index is 4.07. The highest BCUT2D eigenvalue weighted by Crippen LogP contribution is 2.09. The third-order valence-corrected chi connectivity index (χ3v) is 3.53. The van der Waals surface area contributed by atoms with Gasteiger partial charge in [-0.2, -0.15) is 0 Å². The molecule has 1 N–H and O–H groups in total. The SMILES string of the molecule is CCC1CCN(Cc2ccncc2)CCCN1. The molecule has 1 saturated heterocycles. The first-order valence-corrected chi connectivity index (χ1v) is 6.73. The van der Waals surface area contributed by atoms with E-state index in [4.69, 9.17) is 0 Å². The van der Waals surface area contributed by atoms with Crippen LogP contribution in [0.4, 0.5) is 0 Å². The van der Waals surface area contributed by atoms with Crippen molar-refractivity contribution in [3.63, 3.8) is 0 Å². The molecule has 0 aliphatic carbocycles. The summed E-state index contributed by atoms with van der Waals surface area (Å²) in [4.78, 5) is 6.64. The molecule has 17 heavy (non-hydrogen) atoms. The molecule has 0 aromatic carbocycles. The lowest BCUT2D eigenvalue weighted by atomic mass is 10.1. The van der Waals surface area contributed by atoms with Crippen LogP contribution in [0, 0.1) is 0 Å². The van der Waals surface area contributed by atoms with E-state index in [0.29, 0.717) is 6.04 Å². The van der Waals surface area contributed by atoms with Crippen LogP contribution >= 0.6 is 0 Å². The van der Waals surface area contributed by atoms with Crippen LogP contribution < -0.4 is 5.32 Å². The second-order valence-corrected chi connectivity index (χ2v) is 4.83. The first-order valence-electron chi connectivity index (χ1n) is 6.73. The van der Waals surface area contributed by atoms with E-state index in [0.717, 1.165) is 13.1 Å². The lowest BCUT2D eigenvalue weighted by Crippen LogP contribution is -2.39. The first kappa shape index (κ1) is 12.5. The lowest BCUT2D eigenvalue weighted by molar-refractivity contribution is 0.224. The third kappa shape index (κ3) is 4.10. The van der Waals surface area contributed by atoms with Crippen molar-refractivity contribution in [2.75, 3.05) is 19.6 Å². The van der Waals surface area contributed by atoms with Gasteiger partial charge in [0.15, 0.2) is 0 Å². The Kier molecular flexibility index (Phi) is 4.95. The van der Waals surface area contributed by atoms with E-state index in [9.17, 15) is 0 Å². The van der Waals surface area contributed by atoms with Gasteiger partial charge in [0.1, 0.15) is 0 Å². The smallest absolute Gasteiger partial charge is 0.0271 e. The van der Waals surface area contributed by atoms with Crippen LogP contribution in [-0.2, 0) is 6.54 Å². The maximum atomic E-state index is 4.07. The van der Waals surface area contributed by atoms with E-state index >= 15 is 0 Å². The van der Waals surface area contributed by atoms with Crippen LogP contribution in [0.2, 0.25) is 0 Å². The fraction of sp³-hybridized carbons (Fsp3) is 0.643. The minimum Gasteiger partial charge on any atom is -0.314 e. The standard InChI is InChI=1S/C14H23N3/c1-2-14-6-11-17(10-3-7-16-14)12-13-4-8-15-9-5-13/h4-5,8-9,14,16H,2-3,6-7,10-12H2,1H3. The second kappa shape index (κ2) is 6.72. The van der Waals surface area contributed by atoms with E-state index in [1.54, 1.807) is 0 Å². The fourth-order valence-electron chi connectivity index (χ4n) is 2.41. The largest absolute Gasteiger partial charge is 0.314 e. The van der Waals surface area contributed by atoms with Crippen molar-refractivity contribution < 1.29 is 0 Å². The van der Waals surface area contributed by atoms with Crippen LogP contribution in [0.3, 0.4) is 0 Å². The Labute approximate surface area is 104 Å². The lowest BCUT2D eigenvalue weighted by Gasteiger charge is -2.28. The summed E-state index contributed by atoms with van der Waals surface area (Å²) >= 11 is 0. The molecule has 0 amide bonds. The highest BCUT2D eigenvalue weighted by Gasteiger charge is 2.13. The van der Waals surface area contributed by atoms with Crippen molar-refractivity contribution in [2.45, 2.75) is 38.8 Å². The topological polar surface area (TPSA) is 28.2 Å². The molecule has 1 fully saturated rings. The fourth-order valence-corrected chi connectivity index (χ4v) is 2.41. The molecule has 2 rings (SSSR count). The molecule has 1 unspecified atom stereocenters. The Morgan fingerprint density at radius 3 is 2.94 bits per heavy atom. The van der Waals surface area contributed by atoms with Crippen LogP contribution in [0.1, 0.15) is 31.7 Å². The quantitative estimate of drug-likeness (QED) is 0.866. The zero-order valence-electron chi connectivity index (χ0n) is 10.7. The van der Waals surface area contributed by atoms with Crippen molar-refractivity contribution in [1.29, 1.82) is 0 Å². The average molecular weight is 233 g/mol. The minimum atomic E-state index is 0.704. The van der Waals surface area contributed by atoms with Gasteiger partial charge in [-0.3, -0.25) is 9.88 Å². The number of pyridine rings is 1. The molecular weight excluding hydrogens is 210 g/mol. The predicted octanol–water partition coefficient (Wildman–Crippen LogP) is 2.05. The molecule has 1 aromatic heterocycles. The Morgan fingerprint density at radius 1 is 1.35 bits per heavy atom. The average Bonchev–Trinajstić information content (AvgIpc) is 2.35. The summed E-state index contributed by atoms with van der Waals surface area (Å²) in [7, 11) is 0. The van der Waals surface area contributed by atoms with Gasteiger partial charge >= 0.3 is 0 Å². The summed E-state index contributed by atoms with van der Waals surface area (Å²) < 4.78 is 0. The molecule has 94 valence electrons. The number of hydrogen-bond donors (Lipinski definition) is 1. The van der Waals surface area contributed by atoms with Crippen molar-refractivity contribution in [2.24, 2.45) is 0 Å². The molecule has 1 atom stereocenters. The molecule has 2 heterocycles. The summed E-state index contributed by atoms with van der Waals surface area (Å²) in [6.07, 6.45) is 7.53. The molecule has 0 radical (unpaired) electrons. The van der Waals surface area contributed by atoms with Gasteiger partial charge in [0, 0.05) is 25.0 Å². The van der Waals surface area contributed by atoms with Gasteiger partial charge in [0.2, 0.25) is 0 Å². The molecule has 3 nitrogen and oxygen atoms in total. The van der Waals surface area contributed by atoms with Gasteiger partial charge in [-0.1, -0.05) is 6.92 Å². The summed E-state index contributed by atoms with van der Waals surface area (Å²) in [6, 6.07) is 4.94. The highest BCUT2D eigenvalue weighted by molar-refractivity contribution is 5.09. The van der Waals surface area contributed by atoms with Crippen molar-refractivity contribution >= 4 is 0 Å². The van der Waals surface area contributed by atoms with E-state index in [-0.39, 0.29) is 0 Å². The van der Waals surface area contributed by atoms with E-state index in [1.165, 1.54) is 37.9 Å². The summed E-state index contributed by atoms with van der Waals surface area (Å²) in [5.74, 6) is 0. The Balaban J connectivity index is 1.87. The normalized spacial score (nSPS) is 23.0. The van der Waals surface area contributed by atoms with Gasteiger partial charge in [-0.15, -0.1) is 0 Å². The Hall–Kier alpha value is -0.930. The maximum Gasteiger partial charge on any atom is 0.0271 e. The number of aromatic nitrogens is 1. The van der Waals surface area contributed by atoms with Gasteiger partial charge in [0.05, 0.1) is 0 Å². The van der Waals surface area contributed by atoms with Crippen molar-refractivity contribution in [3.05, 3.63) is 30.1 Å². The Bertz CT molecular complexity index is 313. The number of rotatable bonds is 3. The second-order valence-electron chi connectivity index (χ2n) is 4.83. The molecule has 1 aromatic rings. The van der Waals surface area contributed by atoms with Crippen LogP contribution in [0.5, 0.6) is 0 Å². The number of nitrogens with one attached hydrogen (secondary N) is 1. The van der Waals surface area contributed by atoms with Crippen molar-refractivity contribution in [1.82, 2.24) is 15.2 Å². The van der Waals surface area contributed by atoms with E-state index in [1.807, 2.05) is 12.4 Å². The van der Waals surface area contributed by atoms with Gasteiger partial charge in [0.25, 0.3) is 0 Å². The highest BCUT2D eigenvalue weighted by atomic mass is 15.1. The van der Waals surface area contributed by atoms with Crippen LogP contribution in [-0.4, -0.2) is 35.6 Å². The summed E-state index contributed by atoms with van der Waals surface area (Å²) in [5.41, 5.74) is 1.38. The molecular formula is C14H23N3. The third-order valence-electron chi connectivity index (χ3n) is 3.53. The molecule has 1 aliphatic heterocycles. The number of hydrogen-bond acceptors (Lipinski definition) is 3. The minimum absolute atomic E-state index is 0.704. The van der Waals surface area contributed by atoms with Gasteiger partial charge in [-0.05, 0) is 56.6 Å². The molecule has 0 bridgehead atoms. The van der Waals surface area contributed by atoms with Crippen LogP contribution in [0.25, 0.3) is 0 Å². The zero-order chi connectivity index (χ0) is 11.9. The monoisotopic (exact) mass is 233 g/mol. The molecule has 0 spiro atoms. The van der Waals surface area contributed by atoms with Crippen LogP contribution in [0.15, 0.2) is 24.5 Å². The van der Waals surface area contributed by atoms with E-state index < -0.39 is 0 Å².